The van der Waals surface area contributed by atoms with Gasteiger partial charge in [-0.3, -0.25) is 0 Å². The van der Waals surface area contributed by atoms with Crippen molar-refractivity contribution < 1.29 is 19.1 Å². The van der Waals surface area contributed by atoms with Crippen molar-refractivity contribution in [2.75, 3.05) is 7.11 Å². The molecule has 0 bridgehead atoms. The van der Waals surface area contributed by atoms with Gasteiger partial charge in [-0.2, -0.15) is 4.68 Å². The fraction of sp³-hybridized carbons (Fsp3) is 0.0870. The lowest BCUT2D eigenvalue weighted by Crippen LogP contribution is -2.15. The van der Waals surface area contributed by atoms with E-state index in [0.29, 0.717) is 11.4 Å². The highest BCUT2D eigenvalue weighted by molar-refractivity contribution is 7.10. The molecule has 0 atom stereocenters. The SMILES string of the molecule is COC(=O)c1ccc(COC(=O)/C(=C/c2cccs2)n2nnnc2-c2ccccc2)cc1. The van der Waals surface area contributed by atoms with Crippen LogP contribution in [-0.4, -0.2) is 39.3 Å². The van der Waals surface area contributed by atoms with E-state index in [2.05, 4.69) is 15.5 Å². The first kappa shape index (κ1) is 21.1. The highest BCUT2D eigenvalue weighted by atomic mass is 32.1. The fourth-order valence-corrected chi connectivity index (χ4v) is 3.56. The molecule has 8 nitrogen and oxygen atoms in total. The van der Waals surface area contributed by atoms with Gasteiger partial charge >= 0.3 is 11.9 Å². The van der Waals surface area contributed by atoms with Gasteiger partial charge in [-0.25, -0.2) is 9.59 Å². The van der Waals surface area contributed by atoms with Crippen molar-refractivity contribution in [1.29, 1.82) is 0 Å². The van der Waals surface area contributed by atoms with Gasteiger partial charge in [0.1, 0.15) is 6.61 Å². The average molecular weight is 446 g/mol. The third-order valence-corrected chi connectivity index (χ3v) is 5.33. The van der Waals surface area contributed by atoms with E-state index in [1.165, 1.54) is 23.1 Å². The molecule has 9 heteroatoms. The largest absolute Gasteiger partial charge is 0.465 e. The van der Waals surface area contributed by atoms with Crippen LogP contribution in [0.2, 0.25) is 0 Å². The normalized spacial score (nSPS) is 11.2. The standard InChI is InChI=1S/C23H18N4O4S/c1-30-22(28)18-11-9-16(10-12-18)15-31-23(29)20(14-19-8-5-13-32-19)27-21(24-25-26-27)17-6-3-2-4-7-17/h2-14H,15H2,1H3/b20-14-. The number of nitrogens with zero attached hydrogens (tertiary/aromatic N) is 4. The quantitative estimate of drug-likeness (QED) is 0.313. The zero-order valence-electron chi connectivity index (χ0n) is 17.0. The van der Waals surface area contributed by atoms with Crippen molar-refractivity contribution in [3.8, 4) is 11.4 Å². The van der Waals surface area contributed by atoms with Crippen LogP contribution in [0.1, 0.15) is 20.8 Å². The average Bonchev–Trinajstić information content (AvgIpc) is 3.53. The van der Waals surface area contributed by atoms with Crippen LogP contribution in [0.15, 0.2) is 72.1 Å². The monoisotopic (exact) mass is 446 g/mol. The molecule has 0 fully saturated rings. The molecule has 0 saturated heterocycles. The molecule has 0 spiro atoms. The van der Waals surface area contributed by atoms with Gasteiger partial charge in [-0.1, -0.05) is 48.5 Å². The first-order valence-electron chi connectivity index (χ1n) is 9.59. The Morgan fingerprint density at radius 2 is 1.81 bits per heavy atom. The second-order valence-electron chi connectivity index (χ2n) is 6.59. The third-order valence-electron chi connectivity index (χ3n) is 4.51. The van der Waals surface area contributed by atoms with Gasteiger partial charge in [0.25, 0.3) is 0 Å². The second kappa shape index (κ2) is 9.80. The Hall–Kier alpha value is -4.11. The topological polar surface area (TPSA) is 96.2 Å². The summed E-state index contributed by atoms with van der Waals surface area (Å²) in [5, 5.41) is 13.8. The lowest BCUT2D eigenvalue weighted by atomic mass is 10.1. The van der Waals surface area contributed by atoms with E-state index in [-0.39, 0.29) is 12.3 Å². The number of aromatic nitrogens is 4. The molecule has 0 unspecified atom stereocenters. The van der Waals surface area contributed by atoms with E-state index in [9.17, 15) is 9.59 Å². The number of ether oxygens (including phenoxy) is 2. The van der Waals surface area contributed by atoms with Crippen LogP contribution in [0.4, 0.5) is 0 Å². The zero-order chi connectivity index (χ0) is 22.3. The Balaban J connectivity index is 1.59. The molecule has 0 aliphatic heterocycles. The smallest absolute Gasteiger partial charge is 0.357 e. The molecule has 4 aromatic rings. The summed E-state index contributed by atoms with van der Waals surface area (Å²) in [5.41, 5.74) is 2.09. The Morgan fingerprint density at radius 3 is 2.50 bits per heavy atom. The van der Waals surface area contributed by atoms with Crippen LogP contribution in [0.5, 0.6) is 0 Å². The molecule has 32 heavy (non-hydrogen) atoms. The molecule has 4 rings (SSSR count). The van der Waals surface area contributed by atoms with E-state index < -0.39 is 11.9 Å². The number of tetrazole rings is 1. The lowest BCUT2D eigenvalue weighted by Gasteiger charge is -2.10. The molecule has 0 amide bonds. The van der Waals surface area contributed by atoms with Crippen molar-refractivity contribution in [2.24, 2.45) is 0 Å². The summed E-state index contributed by atoms with van der Waals surface area (Å²) in [6, 6.07) is 19.8. The molecule has 160 valence electrons. The first-order chi connectivity index (χ1) is 15.7. The minimum atomic E-state index is -0.583. The van der Waals surface area contributed by atoms with Crippen LogP contribution < -0.4 is 0 Å². The number of rotatable bonds is 7. The first-order valence-corrected chi connectivity index (χ1v) is 10.5. The summed E-state index contributed by atoms with van der Waals surface area (Å²) >= 11 is 1.48. The number of esters is 2. The minimum absolute atomic E-state index is 0.0187. The van der Waals surface area contributed by atoms with E-state index in [4.69, 9.17) is 9.47 Å². The van der Waals surface area contributed by atoms with Crippen molar-refractivity contribution in [3.63, 3.8) is 0 Å². The molecule has 0 radical (unpaired) electrons. The van der Waals surface area contributed by atoms with Crippen LogP contribution in [0.25, 0.3) is 23.2 Å². The molecule has 2 heterocycles. The van der Waals surface area contributed by atoms with Crippen molar-refractivity contribution in [2.45, 2.75) is 6.61 Å². The third kappa shape index (κ3) is 4.79. The molecule has 2 aromatic carbocycles. The summed E-state index contributed by atoms with van der Waals surface area (Å²) in [6.07, 6.45) is 1.69. The molecule has 0 aliphatic rings. The summed E-state index contributed by atoms with van der Waals surface area (Å²) in [5.74, 6) is -0.588. The van der Waals surface area contributed by atoms with Crippen molar-refractivity contribution in [1.82, 2.24) is 20.2 Å². The number of hydrogen-bond donors (Lipinski definition) is 0. The van der Waals surface area contributed by atoms with Gasteiger partial charge in [0.05, 0.1) is 12.7 Å². The number of carbonyl (C=O) groups excluding carboxylic acids is 2. The predicted octanol–water partition coefficient (Wildman–Crippen LogP) is 3.93. The van der Waals surface area contributed by atoms with E-state index in [1.54, 1.807) is 30.3 Å². The van der Waals surface area contributed by atoms with Gasteiger partial charge in [0.15, 0.2) is 11.5 Å². The number of carbonyl (C=O) groups is 2. The summed E-state index contributed by atoms with van der Waals surface area (Å²) in [4.78, 5) is 25.5. The maximum absolute atomic E-state index is 13.1. The highest BCUT2D eigenvalue weighted by Crippen LogP contribution is 2.23. The fourth-order valence-electron chi connectivity index (χ4n) is 2.91. The van der Waals surface area contributed by atoms with Crippen LogP contribution in [0, 0.1) is 0 Å². The lowest BCUT2D eigenvalue weighted by molar-refractivity contribution is -0.138. The Morgan fingerprint density at radius 1 is 1.03 bits per heavy atom. The molecular formula is C23H18N4O4S. The van der Waals surface area contributed by atoms with Crippen LogP contribution in [0.3, 0.4) is 0 Å². The van der Waals surface area contributed by atoms with E-state index in [1.807, 2.05) is 47.8 Å². The highest BCUT2D eigenvalue weighted by Gasteiger charge is 2.21. The van der Waals surface area contributed by atoms with Gasteiger partial charge < -0.3 is 9.47 Å². The van der Waals surface area contributed by atoms with Gasteiger partial charge in [-0.15, -0.1) is 16.4 Å². The number of benzene rings is 2. The molecule has 0 saturated carbocycles. The van der Waals surface area contributed by atoms with E-state index >= 15 is 0 Å². The summed E-state index contributed by atoms with van der Waals surface area (Å²) in [7, 11) is 1.32. The van der Waals surface area contributed by atoms with Gasteiger partial charge in [-0.05, 0) is 45.6 Å². The Labute approximate surface area is 187 Å². The predicted molar refractivity (Wildman–Crippen MR) is 119 cm³/mol. The molecule has 2 aromatic heterocycles. The molecule has 0 N–H and O–H groups in total. The van der Waals surface area contributed by atoms with Gasteiger partial charge in [0, 0.05) is 10.4 Å². The maximum Gasteiger partial charge on any atom is 0.357 e. The van der Waals surface area contributed by atoms with Crippen molar-refractivity contribution in [3.05, 3.63) is 88.1 Å². The Kier molecular flexibility index (Phi) is 6.47. The summed E-state index contributed by atoms with van der Waals surface area (Å²) in [6.45, 7) is 0.0187. The van der Waals surface area contributed by atoms with E-state index in [0.717, 1.165) is 16.0 Å². The molecular weight excluding hydrogens is 428 g/mol. The Bertz CT molecular complexity index is 1230. The van der Waals surface area contributed by atoms with Crippen molar-refractivity contribution >= 4 is 35.0 Å². The van der Waals surface area contributed by atoms with Gasteiger partial charge in [0.2, 0.25) is 0 Å². The minimum Gasteiger partial charge on any atom is -0.465 e. The molecule has 0 aliphatic carbocycles. The number of hydrogen-bond acceptors (Lipinski definition) is 8. The maximum atomic E-state index is 13.1. The summed E-state index contributed by atoms with van der Waals surface area (Å²) < 4.78 is 11.6. The number of methoxy groups -OCH3 is 1. The van der Waals surface area contributed by atoms with Crippen LogP contribution >= 0.6 is 11.3 Å². The second-order valence-corrected chi connectivity index (χ2v) is 7.57. The number of thiophene rings is 1. The van der Waals surface area contributed by atoms with Crippen LogP contribution in [-0.2, 0) is 20.9 Å². The zero-order valence-corrected chi connectivity index (χ0v) is 17.9.